The monoisotopic (exact) mass is 756 g/mol. The first kappa shape index (κ1) is 35.1. The van der Waals surface area contributed by atoms with E-state index >= 15 is 8.78 Å². The Balaban J connectivity index is 1.26. The summed E-state index contributed by atoms with van der Waals surface area (Å²) in [5, 5.41) is 21.4. The summed E-state index contributed by atoms with van der Waals surface area (Å²) >= 11 is 9.73. The van der Waals surface area contributed by atoms with Crippen molar-refractivity contribution in [2.24, 2.45) is 0 Å². The van der Waals surface area contributed by atoms with Gasteiger partial charge in [-0.3, -0.25) is 13.7 Å². The van der Waals surface area contributed by atoms with Crippen molar-refractivity contribution in [3.63, 3.8) is 0 Å². The molecule has 8 N–H and O–H groups in total. The fraction of sp³-hybridized carbons (Fsp3) is 0.545. The fourth-order valence-corrected chi connectivity index (χ4v) is 7.32. The van der Waals surface area contributed by atoms with Crippen LogP contribution in [0.3, 0.4) is 0 Å². The Bertz CT molecular complexity index is 1930. The topological polar surface area (TPSA) is 276 Å². The van der Waals surface area contributed by atoms with Gasteiger partial charge in [0.05, 0.1) is 25.9 Å². The highest BCUT2D eigenvalue weighted by molar-refractivity contribution is 8.07. The Morgan fingerprint density at radius 3 is 2.48 bits per heavy atom. The van der Waals surface area contributed by atoms with Gasteiger partial charge in [-0.05, 0) is 30.5 Å². The van der Waals surface area contributed by atoms with Crippen molar-refractivity contribution in [3.05, 3.63) is 19.0 Å². The van der Waals surface area contributed by atoms with E-state index in [2.05, 4.69) is 41.7 Å². The average molecular weight is 757 g/mol. The van der Waals surface area contributed by atoms with Gasteiger partial charge in [0.1, 0.15) is 29.7 Å². The molecule has 2 unspecified atom stereocenters. The lowest BCUT2D eigenvalue weighted by molar-refractivity contribution is -0.125. The van der Waals surface area contributed by atoms with Crippen LogP contribution in [0.2, 0.25) is 0 Å². The van der Waals surface area contributed by atoms with E-state index in [-0.39, 0.29) is 28.1 Å². The number of imidazole rings is 2. The lowest BCUT2D eigenvalue weighted by Gasteiger charge is -2.31. The summed E-state index contributed by atoms with van der Waals surface area (Å²) in [6.07, 6.45) is -6.21. The van der Waals surface area contributed by atoms with Gasteiger partial charge in [-0.2, -0.15) is 9.97 Å². The number of ether oxygens (including phenoxy) is 3. The summed E-state index contributed by atoms with van der Waals surface area (Å²) in [6.45, 7) is -4.75. The Morgan fingerprint density at radius 1 is 1.10 bits per heavy atom. The predicted molar refractivity (Wildman–Crippen MR) is 167 cm³/mol. The summed E-state index contributed by atoms with van der Waals surface area (Å²) in [7, 11) is -1.50. The number of aliphatic hydroxyl groups is 1. The number of aromatic hydroxyl groups is 1. The van der Waals surface area contributed by atoms with E-state index in [1.807, 2.05) is 0 Å². The molecule has 0 amide bonds. The molecule has 6 rings (SSSR count). The molecule has 6 heterocycles. The first-order valence-electron chi connectivity index (χ1n) is 13.6. The summed E-state index contributed by atoms with van der Waals surface area (Å²) in [5.41, 5.74) is 9.99. The van der Waals surface area contributed by atoms with Gasteiger partial charge < -0.3 is 54.7 Å². The molecule has 0 radical (unpaired) electrons. The number of anilines is 2. The van der Waals surface area contributed by atoms with Crippen molar-refractivity contribution in [2.45, 2.75) is 55.3 Å². The van der Waals surface area contributed by atoms with Crippen molar-refractivity contribution in [3.8, 4) is 5.88 Å². The Hall–Kier alpha value is -2.70. The highest BCUT2D eigenvalue weighted by atomic mass is 32.5. The third-order valence-corrected chi connectivity index (χ3v) is 10.0. The van der Waals surface area contributed by atoms with E-state index < -0.39 is 87.3 Å². The van der Waals surface area contributed by atoms with Crippen molar-refractivity contribution in [1.29, 1.82) is 0 Å². The van der Waals surface area contributed by atoms with Crippen LogP contribution < -0.4 is 11.5 Å². The zero-order valence-corrected chi connectivity index (χ0v) is 28.1. The normalized spacial score (nSPS) is 30.6. The van der Waals surface area contributed by atoms with Gasteiger partial charge in [0.2, 0.25) is 11.8 Å². The van der Waals surface area contributed by atoms with Crippen molar-refractivity contribution < 1.29 is 56.6 Å². The second-order valence-corrected chi connectivity index (χ2v) is 15.5. The first-order chi connectivity index (χ1) is 22.6. The van der Waals surface area contributed by atoms with Crippen LogP contribution in [0.5, 0.6) is 5.88 Å². The van der Waals surface area contributed by atoms with E-state index in [4.69, 9.17) is 51.1 Å². The van der Waals surface area contributed by atoms with Crippen LogP contribution in [0.4, 0.5) is 20.5 Å². The van der Waals surface area contributed by atoms with Gasteiger partial charge in [0.25, 0.3) is 0 Å². The molecule has 2 aliphatic heterocycles. The molecule has 0 aromatic carbocycles. The molecule has 26 heteroatoms. The Kier molecular flexibility index (Phi) is 9.43. The van der Waals surface area contributed by atoms with Gasteiger partial charge in [-0.1, -0.05) is 0 Å². The molecule has 20 nitrogen and oxygen atoms in total. The van der Waals surface area contributed by atoms with Crippen LogP contribution in [-0.2, 0) is 51.4 Å². The van der Waals surface area contributed by atoms with Crippen LogP contribution in [0.15, 0.2) is 19.0 Å². The van der Waals surface area contributed by atoms with Crippen LogP contribution >= 0.6 is 13.9 Å². The third-order valence-electron chi connectivity index (χ3n) is 7.73. The van der Waals surface area contributed by atoms with Crippen molar-refractivity contribution in [1.82, 2.24) is 39.0 Å². The van der Waals surface area contributed by atoms with Crippen molar-refractivity contribution >= 4 is 71.6 Å². The molecule has 2 fully saturated rings. The maximum atomic E-state index is 15.9. The zero-order chi connectivity index (χ0) is 34.8. The molecule has 2 saturated heterocycles. The van der Waals surface area contributed by atoms with Crippen LogP contribution in [0, 0.1) is 0 Å². The van der Waals surface area contributed by atoms with Crippen LogP contribution in [-0.4, -0.2) is 115 Å². The summed E-state index contributed by atoms with van der Waals surface area (Å²) in [6, 6.07) is 0. The number of rotatable bonds is 11. The minimum Gasteiger partial charge on any atom is -0.492 e. The third kappa shape index (κ3) is 6.25. The molecular formula is C22H28F2N10O10P2S2. The second-order valence-electron chi connectivity index (χ2n) is 10.8. The van der Waals surface area contributed by atoms with E-state index in [9.17, 15) is 20.0 Å². The molecule has 262 valence electrons. The molecule has 0 spiro atoms. The average Bonchev–Trinajstić information content (AvgIpc) is 3.75. The van der Waals surface area contributed by atoms with E-state index in [0.717, 1.165) is 10.9 Å². The van der Waals surface area contributed by atoms with Gasteiger partial charge in [0.15, 0.2) is 54.4 Å². The highest BCUT2D eigenvalue weighted by Gasteiger charge is 2.63. The number of nitrogen functional groups attached to an aromatic ring is 2. The second kappa shape index (κ2) is 12.9. The number of hydrogen-bond donors (Lipinski definition) is 6. The molecule has 2 aliphatic rings. The van der Waals surface area contributed by atoms with E-state index in [0.29, 0.717) is 0 Å². The summed E-state index contributed by atoms with van der Waals surface area (Å²) in [4.78, 5) is 44.3. The minimum absolute atomic E-state index is 0.105. The first-order valence-corrected chi connectivity index (χ1v) is 18.7. The number of fused-ring (bicyclic) bond motifs is 2. The summed E-state index contributed by atoms with van der Waals surface area (Å²) < 4.78 is 67.2. The number of aromatic nitrogens is 8. The number of methoxy groups -OCH3 is 1. The number of aliphatic hydroxyl groups excluding tert-OH is 1. The molecular weight excluding hydrogens is 728 g/mol. The lowest BCUT2D eigenvalue weighted by atomic mass is 9.98. The summed E-state index contributed by atoms with van der Waals surface area (Å²) in [5.74, 6) is -4.90. The molecule has 0 saturated carbocycles. The zero-order valence-electron chi connectivity index (χ0n) is 24.6. The number of halogens is 2. The largest absolute Gasteiger partial charge is 0.492 e. The number of alkyl halides is 2. The maximum absolute atomic E-state index is 15.9. The quantitative estimate of drug-likeness (QED) is 0.109. The SMILES string of the molecule is CO[C@H]1[C@@H](n2cnc3c(N)ncnc32)O[C@](C)(COP(O)(=S)O[C@H]2[C@H](n3cnc4c(O)nc(N)nc43)O[C@H](CO[PH](O)=S)C2(F)F)[C@H]1O. The molecule has 0 aliphatic carbocycles. The number of nitrogens with two attached hydrogens (primary N) is 2. The molecule has 4 aromatic rings. The standard InChI is InChI=1S/C22H28F2N10O10P2S2/c1-21(12(35)11(39-2)18(43-21)33-6-29-9-14(25)27-5-28-15(9)33)4-41-46(38,48)44-13-19(42-8(22(13,23)24)3-40-45(37)47)34-7-30-10-16(34)31-20(26)32-17(10)36/h5-8,11-13,18-19,35,45H,3-4H2,1-2H3,(H,37,47)(H,38,48)(H2,25,27,28)(H3,26,31,32,36)/t8-,11-,12+,13+,18+,19-,21-,46?/m1/s1. The van der Waals surface area contributed by atoms with Gasteiger partial charge in [-0.15, -0.1) is 0 Å². The predicted octanol–water partition coefficient (Wildman–Crippen LogP) is -0.134. The molecule has 0 bridgehead atoms. The van der Waals surface area contributed by atoms with Gasteiger partial charge in [0, 0.05) is 7.11 Å². The molecule has 48 heavy (non-hydrogen) atoms. The Morgan fingerprint density at radius 2 is 1.79 bits per heavy atom. The van der Waals surface area contributed by atoms with Crippen molar-refractivity contribution in [2.75, 3.05) is 31.8 Å². The lowest BCUT2D eigenvalue weighted by Crippen LogP contribution is -2.45. The van der Waals surface area contributed by atoms with Crippen LogP contribution in [0.25, 0.3) is 22.3 Å². The fourth-order valence-electron chi connectivity index (χ4n) is 5.37. The molecule has 4 aromatic heterocycles. The molecule has 9 atom stereocenters. The van der Waals surface area contributed by atoms with Crippen LogP contribution in [0.1, 0.15) is 19.4 Å². The van der Waals surface area contributed by atoms with Gasteiger partial charge in [-0.25, -0.2) is 28.7 Å². The van der Waals surface area contributed by atoms with E-state index in [1.54, 1.807) is 0 Å². The van der Waals surface area contributed by atoms with E-state index in [1.165, 1.54) is 31.3 Å². The minimum atomic E-state index is -4.64. The smallest absolute Gasteiger partial charge is 0.325 e. The maximum Gasteiger partial charge on any atom is 0.325 e. The Labute approximate surface area is 278 Å². The highest BCUT2D eigenvalue weighted by Crippen LogP contribution is 2.55. The number of nitrogens with zero attached hydrogens (tertiary/aromatic N) is 8. The number of hydrogen-bond acceptors (Lipinski definition) is 18. The van der Waals surface area contributed by atoms with Gasteiger partial charge >= 0.3 is 12.6 Å².